The highest BCUT2D eigenvalue weighted by Gasteiger charge is 2.08. The van der Waals surface area contributed by atoms with Gasteiger partial charge in [0.2, 0.25) is 0 Å². The summed E-state index contributed by atoms with van der Waals surface area (Å²) < 4.78 is 0. The van der Waals surface area contributed by atoms with Gasteiger partial charge in [0.25, 0.3) is 0 Å². The van der Waals surface area contributed by atoms with Crippen LogP contribution in [-0.4, -0.2) is 67.4 Å². The summed E-state index contributed by atoms with van der Waals surface area (Å²) in [6.07, 6.45) is 38.7. The van der Waals surface area contributed by atoms with Crippen LogP contribution < -0.4 is 11.2 Å². The molecule has 0 aromatic rings. The van der Waals surface area contributed by atoms with Crippen LogP contribution in [0.2, 0.25) is 0 Å². The zero-order valence-electron chi connectivity index (χ0n) is 29.9. The molecule has 0 aromatic heterocycles. The van der Waals surface area contributed by atoms with Gasteiger partial charge >= 0.3 is 0 Å². The van der Waals surface area contributed by atoms with Crippen LogP contribution in [-0.2, 0) is 0 Å². The van der Waals surface area contributed by atoms with Crippen molar-refractivity contribution in [3.8, 4) is 0 Å². The molecule has 5 heteroatoms. The standard InChI is InChI=1S/C38H82N4O/c1-3-5-7-9-11-13-15-17-19-21-23-25-33-41(37-29-31-39)35-27-28-36-42(38-30-32-40-43)34-26-24-22-20-18-16-14-12-10-8-6-4-2/h40,43H,3-39H2,1-2H3. The Morgan fingerprint density at radius 2 is 0.628 bits per heavy atom. The van der Waals surface area contributed by atoms with E-state index in [2.05, 4.69) is 29.1 Å². The Hall–Kier alpha value is -0.200. The van der Waals surface area contributed by atoms with Crippen LogP contribution in [0, 0.1) is 0 Å². The molecule has 260 valence electrons. The first-order valence-corrected chi connectivity index (χ1v) is 19.8. The molecule has 0 aliphatic carbocycles. The predicted octanol–water partition coefficient (Wildman–Crippen LogP) is 10.5. The molecule has 0 bridgehead atoms. The van der Waals surface area contributed by atoms with Crippen LogP contribution in [0.4, 0.5) is 0 Å². The largest absolute Gasteiger partial charge is 0.330 e. The topological polar surface area (TPSA) is 64.8 Å². The fourth-order valence-corrected chi connectivity index (χ4v) is 6.39. The second kappa shape index (κ2) is 38.0. The Balaban J connectivity index is 3.97. The Bertz CT molecular complexity index is 493. The van der Waals surface area contributed by atoms with Crippen molar-refractivity contribution in [3.63, 3.8) is 0 Å². The number of hydrogen-bond acceptors (Lipinski definition) is 5. The number of nitrogens with two attached hydrogens (primary N) is 1. The first kappa shape index (κ1) is 42.8. The second-order valence-corrected chi connectivity index (χ2v) is 13.6. The summed E-state index contributed by atoms with van der Waals surface area (Å²) in [5.41, 5.74) is 8.21. The van der Waals surface area contributed by atoms with E-state index in [-0.39, 0.29) is 0 Å². The van der Waals surface area contributed by atoms with Crippen molar-refractivity contribution in [1.82, 2.24) is 15.3 Å². The van der Waals surface area contributed by atoms with Crippen molar-refractivity contribution in [3.05, 3.63) is 0 Å². The van der Waals surface area contributed by atoms with E-state index < -0.39 is 0 Å². The molecule has 0 atom stereocenters. The maximum absolute atomic E-state index is 9.02. The number of unbranched alkanes of at least 4 members (excludes halogenated alkanes) is 23. The molecular weight excluding hydrogens is 528 g/mol. The molecule has 0 aliphatic rings. The van der Waals surface area contributed by atoms with Crippen molar-refractivity contribution >= 4 is 0 Å². The molecule has 4 N–H and O–H groups in total. The zero-order chi connectivity index (χ0) is 31.3. The van der Waals surface area contributed by atoms with Crippen LogP contribution in [0.1, 0.15) is 194 Å². The van der Waals surface area contributed by atoms with Gasteiger partial charge in [0.15, 0.2) is 0 Å². The third-order valence-electron chi connectivity index (χ3n) is 9.30. The maximum Gasteiger partial charge on any atom is 0.0219 e. The number of hydrogen-bond donors (Lipinski definition) is 3. The molecule has 0 saturated heterocycles. The SMILES string of the molecule is CCCCCCCCCCCCCCN(CCCN)CCCCN(CCCCCCCCCCCCCC)CCCNO. The lowest BCUT2D eigenvalue weighted by Crippen LogP contribution is -2.31. The van der Waals surface area contributed by atoms with E-state index in [0.717, 1.165) is 25.9 Å². The number of hydroxylamine groups is 1. The van der Waals surface area contributed by atoms with Gasteiger partial charge in [-0.2, -0.15) is 0 Å². The van der Waals surface area contributed by atoms with Gasteiger partial charge in [-0.1, -0.05) is 155 Å². The second-order valence-electron chi connectivity index (χ2n) is 13.6. The molecule has 0 amide bonds. The first-order chi connectivity index (χ1) is 21.3. The molecule has 0 unspecified atom stereocenters. The molecule has 0 saturated carbocycles. The van der Waals surface area contributed by atoms with Gasteiger partial charge in [-0.05, 0) is 84.3 Å². The molecule has 0 rings (SSSR count). The third-order valence-corrected chi connectivity index (χ3v) is 9.30. The first-order valence-electron chi connectivity index (χ1n) is 19.8. The summed E-state index contributed by atoms with van der Waals surface area (Å²) in [6.45, 7) is 13.3. The highest BCUT2D eigenvalue weighted by atomic mass is 16.5. The lowest BCUT2D eigenvalue weighted by Gasteiger charge is -2.25. The molecule has 0 spiro atoms. The summed E-state index contributed by atoms with van der Waals surface area (Å²) >= 11 is 0. The Labute approximate surface area is 271 Å². The normalized spacial score (nSPS) is 11.9. The van der Waals surface area contributed by atoms with Crippen molar-refractivity contribution < 1.29 is 5.21 Å². The van der Waals surface area contributed by atoms with Gasteiger partial charge in [-0.15, -0.1) is 0 Å². The average Bonchev–Trinajstić information content (AvgIpc) is 3.02. The van der Waals surface area contributed by atoms with Crippen LogP contribution >= 0.6 is 0 Å². The summed E-state index contributed by atoms with van der Waals surface area (Å²) in [5.74, 6) is 0. The van der Waals surface area contributed by atoms with Crippen molar-refractivity contribution in [2.45, 2.75) is 194 Å². The number of nitrogens with one attached hydrogen (secondary N) is 1. The summed E-state index contributed by atoms with van der Waals surface area (Å²) in [7, 11) is 0. The number of rotatable bonds is 38. The summed E-state index contributed by atoms with van der Waals surface area (Å²) in [5, 5.41) is 9.02. The van der Waals surface area contributed by atoms with Gasteiger partial charge in [0, 0.05) is 6.54 Å². The van der Waals surface area contributed by atoms with E-state index in [0.29, 0.717) is 6.54 Å². The quantitative estimate of drug-likeness (QED) is 0.0479. The van der Waals surface area contributed by atoms with E-state index in [9.17, 15) is 0 Å². The highest BCUT2D eigenvalue weighted by Crippen LogP contribution is 2.14. The van der Waals surface area contributed by atoms with E-state index in [4.69, 9.17) is 10.9 Å². The summed E-state index contributed by atoms with van der Waals surface area (Å²) in [6, 6.07) is 0. The van der Waals surface area contributed by atoms with Crippen LogP contribution in [0.25, 0.3) is 0 Å². The van der Waals surface area contributed by atoms with E-state index in [1.54, 1.807) is 0 Å². The molecule has 0 aliphatic heterocycles. The van der Waals surface area contributed by atoms with Gasteiger partial charge in [0.1, 0.15) is 0 Å². The third kappa shape index (κ3) is 34.5. The average molecular weight is 611 g/mol. The maximum atomic E-state index is 9.02. The fourth-order valence-electron chi connectivity index (χ4n) is 6.39. The van der Waals surface area contributed by atoms with Crippen LogP contribution in [0.3, 0.4) is 0 Å². The van der Waals surface area contributed by atoms with Crippen LogP contribution in [0.15, 0.2) is 0 Å². The molecule has 43 heavy (non-hydrogen) atoms. The lowest BCUT2D eigenvalue weighted by molar-refractivity contribution is 0.156. The fraction of sp³-hybridized carbons (Fsp3) is 1.00. The van der Waals surface area contributed by atoms with Crippen molar-refractivity contribution in [2.24, 2.45) is 5.73 Å². The molecule has 0 aromatic carbocycles. The monoisotopic (exact) mass is 611 g/mol. The van der Waals surface area contributed by atoms with Crippen molar-refractivity contribution in [1.29, 1.82) is 0 Å². The highest BCUT2D eigenvalue weighted by molar-refractivity contribution is 4.64. The van der Waals surface area contributed by atoms with Crippen LogP contribution in [0.5, 0.6) is 0 Å². The minimum atomic E-state index is 0.695. The van der Waals surface area contributed by atoms with Gasteiger partial charge < -0.3 is 20.7 Å². The Morgan fingerprint density at radius 1 is 0.372 bits per heavy atom. The smallest absolute Gasteiger partial charge is 0.0219 e. The molecule has 5 nitrogen and oxygen atoms in total. The molecule has 0 fully saturated rings. The van der Waals surface area contributed by atoms with E-state index >= 15 is 0 Å². The summed E-state index contributed by atoms with van der Waals surface area (Å²) in [4.78, 5) is 5.34. The van der Waals surface area contributed by atoms with Gasteiger partial charge in [-0.3, -0.25) is 0 Å². The molecule has 0 radical (unpaired) electrons. The minimum absolute atomic E-state index is 0.695. The Morgan fingerprint density at radius 3 is 0.930 bits per heavy atom. The molecular formula is C38H82N4O. The lowest BCUT2D eigenvalue weighted by atomic mass is 10.1. The van der Waals surface area contributed by atoms with E-state index in [1.807, 2.05) is 0 Å². The Kier molecular flexibility index (Phi) is 37.8. The predicted molar refractivity (Wildman–Crippen MR) is 192 cm³/mol. The van der Waals surface area contributed by atoms with E-state index in [1.165, 1.54) is 200 Å². The minimum Gasteiger partial charge on any atom is -0.330 e. The van der Waals surface area contributed by atoms with Gasteiger partial charge in [-0.25, -0.2) is 5.48 Å². The zero-order valence-corrected chi connectivity index (χ0v) is 29.9. The van der Waals surface area contributed by atoms with Crippen molar-refractivity contribution in [2.75, 3.05) is 52.4 Å². The number of nitrogens with zero attached hydrogens (tertiary/aromatic N) is 2. The molecule has 0 heterocycles. The van der Waals surface area contributed by atoms with Gasteiger partial charge in [0.05, 0.1) is 0 Å².